The highest BCUT2D eigenvalue weighted by Crippen LogP contribution is 2.49. The number of nitro benzene ring substituents is 1. The molecule has 2 aliphatic rings. The normalized spacial score (nSPS) is 18.4. The molecule has 162 valence electrons. The van der Waals surface area contributed by atoms with Crippen molar-refractivity contribution in [2.45, 2.75) is 25.2 Å². The summed E-state index contributed by atoms with van der Waals surface area (Å²) in [6.45, 7) is 0. The largest absolute Gasteiger partial charge is 0.384 e. The first-order valence-electron chi connectivity index (χ1n) is 9.38. The predicted molar refractivity (Wildman–Crippen MR) is 117 cm³/mol. The van der Waals surface area contributed by atoms with Gasteiger partial charge in [-0.15, -0.1) is 0 Å². The second-order valence-electron chi connectivity index (χ2n) is 7.14. The standard InChI is InChI=1S/C20H14ClN5O5S/c21-12-5-4-10(25(28)29)8-14(12)24-13-2-1-3-15(27)19(13)18(11(9-22)20(24)23)16-6-7-17(32-16)26(30)31/h4-8,18H,1-3,23H2/t18-/m0/s1. The van der Waals surface area contributed by atoms with E-state index in [1.807, 2.05) is 6.07 Å². The number of hydrogen-bond donors (Lipinski definition) is 1. The summed E-state index contributed by atoms with van der Waals surface area (Å²) in [6.07, 6.45) is 1.19. The molecule has 1 aliphatic heterocycles. The molecule has 0 saturated carbocycles. The van der Waals surface area contributed by atoms with Gasteiger partial charge >= 0.3 is 5.00 Å². The minimum absolute atomic E-state index is 0.0237. The van der Waals surface area contributed by atoms with Gasteiger partial charge in [-0.1, -0.05) is 22.9 Å². The summed E-state index contributed by atoms with van der Waals surface area (Å²) in [7, 11) is 0. The number of hydrogen-bond acceptors (Lipinski definition) is 9. The molecule has 0 unspecified atom stereocenters. The first-order chi connectivity index (χ1) is 15.2. The zero-order valence-corrected chi connectivity index (χ0v) is 17.9. The summed E-state index contributed by atoms with van der Waals surface area (Å²) in [5, 5.41) is 32.5. The van der Waals surface area contributed by atoms with Gasteiger partial charge in [0.05, 0.1) is 38.1 Å². The monoisotopic (exact) mass is 471 g/mol. The summed E-state index contributed by atoms with van der Waals surface area (Å²) in [4.78, 5) is 36.3. The number of thiophene rings is 1. The van der Waals surface area contributed by atoms with Gasteiger partial charge in [0.15, 0.2) is 5.78 Å². The molecule has 2 heterocycles. The van der Waals surface area contributed by atoms with Gasteiger partial charge in [0, 0.05) is 40.8 Å². The second-order valence-corrected chi connectivity index (χ2v) is 8.64. The molecule has 1 aliphatic carbocycles. The lowest BCUT2D eigenvalue weighted by Gasteiger charge is -2.39. The Morgan fingerprint density at radius 3 is 2.56 bits per heavy atom. The van der Waals surface area contributed by atoms with Crippen LogP contribution in [0.4, 0.5) is 16.4 Å². The molecule has 2 aromatic rings. The zero-order valence-electron chi connectivity index (χ0n) is 16.3. The van der Waals surface area contributed by atoms with Crippen LogP contribution in [-0.4, -0.2) is 15.6 Å². The number of non-ortho nitro benzene ring substituents is 1. The average molecular weight is 472 g/mol. The summed E-state index contributed by atoms with van der Waals surface area (Å²) < 4.78 is 0. The molecule has 12 heteroatoms. The average Bonchev–Trinajstić information content (AvgIpc) is 3.24. The van der Waals surface area contributed by atoms with Crippen LogP contribution in [0.3, 0.4) is 0 Å². The van der Waals surface area contributed by atoms with E-state index in [9.17, 15) is 30.3 Å². The van der Waals surface area contributed by atoms with Gasteiger partial charge in [-0.25, -0.2) is 0 Å². The zero-order chi connectivity index (χ0) is 23.2. The van der Waals surface area contributed by atoms with E-state index in [1.54, 1.807) is 0 Å². The van der Waals surface area contributed by atoms with E-state index in [-0.39, 0.29) is 45.0 Å². The van der Waals surface area contributed by atoms with E-state index in [2.05, 4.69) is 0 Å². The Hall–Kier alpha value is -3.75. The van der Waals surface area contributed by atoms with Crippen molar-refractivity contribution >= 4 is 45.1 Å². The van der Waals surface area contributed by atoms with Crippen molar-refractivity contribution in [3.63, 3.8) is 0 Å². The maximum atomic E-state index is 13.0. The van der Waals surface area contributed by atoms with Gasteiger partial charge in [-0.05, 0) is 25.0 Å². The molecule has 0 spiro atoms. The van der Waals surface area contributed by atoms with Crippen LogP contribution >= 0.6 is 22.9 Å². The quantitative estimate of drug-likeness (QED) is 0.503. The first-order valence-corrected chi connectivity index (χ1v) is 10.6. The lowest BCUT2D eigenvalue weighted by atomic mass is 9.78. The molecular weight excluding hydrogens is 458 g/mol. The van der Waals surface area contributed by atoms with E-state index in [4.69, 9.17) is 17.3 Å². The van der Waals surface area contributed by atoms with E-state index in [0.29, 0.717) is 29.0 Å². The number of nitrogens with zero attached hydrogens (tertiary/aromatic N) is 4. The minimum atomic E-state index is -0.852. The third-order valence-electron chi connectivity index (χ3n) is 5.37. The molecule has 0 radical (unpaired) electrons. The van der Waals surface area contributed by atoms with Crippen LogP contribution in [-0.2, 0) is 4.79 Å². The van der Waals surface area contributed by atoms with Crippen molar-refractivity contribution in [1.29, 1.82) is 5.26 Å². The van der Waals surface area contributed by atoms with Gasteiger partial charge in [-0.2, -0.15) is 5.26 Å². The number of rotatable bonds is 4. The predicted octanol–water partition coefficient (Wildman–Crippen LogP) is 4.52. The molecule has 0 amide bonds. The highest BCUT2D eigenvalue weighted by Gasteiger charge is 2.42. The number of carbonyl (C=O) groups excluding carboxylic acids is 1. The number of benzene rings is 1. The SMILES string of the molecule is N#CC1=C(N)N(c2cc([N+](=O)[O-])ccc2Cl)C2=C(C(=O)CCC2)[C@@H]1c1ccc([N+](=O)[O-])s1. The highest BCUT2D eigenvalue weighted by molar-refractivity contribution is 7.15. The number of nitrogens with two attached hydrogens (primary N) is 1. The second kappa shape index (κ2) is 8.07. The Balaban J connectivity index is 1.98. The third kappa shape index (κ3) is 3.39. The fourth-order valence-electron chi connectivity index (χ4n) is 4.03. The number of allylic oxidation sites excluding steroid dienone is 3. The molecule has 0 bridgehead atoms. The molecular formula is C20H14ClN5O5S. The Morgan fingerprint density at radius 1 is 1.19 bits per heavy atom. The van der Waals surface area contributed by atoms with Crippen molar-refractivity contribution < 1.29 is 14.6 Å². The smallest absolute Gasteiger partial charge is 0.324 e. The highest BCUT2D eigenvalue weighted by atomic mass is 35.5. The number of Topliss-reactive ketones (excluding diaryl/α,β-unsaturated/α-hetero) is 1. The van der Waals surface area contributed by atoms with Crippen LogP contribution in [0, 0.1) is 31.6 Å². The number of nitriles is 1. The van der Waals surface area contributed by atoms with Crippen LogP contribution in [0.5, 0.6) is 0 Å². The molecule has 2 N–H and O–H groups in total. The van der Waals surface area contributed by atoms with Crippen molar-refractivity contribution in [2.75, 3.05) is 4.90 Å². The maximum Gasteiger partial charge on any atom is 0.324 e. The molecule has 1 aromatic heterocycles. The van der Waals surface area contributed by atoms with Crippen molar-refractivity contribution in [3.05, 3.63) is 83.1 Å². The fourth-order valence-corrected chi connectivity index (χ4v) is 5.17. The van der Waals surface area contributed by atoms with Crippen LogP contribution in [0.2, 0.25) is 5.02 Å². The van der Waals surface area contributed by atoms with E-state index in [0.717, 1.165) is 11.3 Å². The van der Waals surface area contributed by atoms with Gasteiger partial charge in [0.25, 0.3) is 5.69 Å². The van der Waals surface area contributed by atoms with Crippen LogP contribution in [0.1, 0.15) is 30.1 Å². The molecule has 4 rings (SSSR count). The summed E-state index contributed by atoms with van der Waals surface area (Å²) in [5.41, 5.74) is 7.17. The van der Waals surface area contributed by atoms with Crippen LogP contribution in [0.25, 0.3) is 0 Å². The molecule has 0 fully saturated rings. The summed E-state index contributed by atoms with van der Waals surface area (Å²) >= 11 is 7.22. The number of anilines is 1. The Bertz CT molecular complexity index is 1290. The van der Waals surface area contributed by atoms with E-state index in [1.165, 1.54) is 35.2 Å². The maximum absolute atomic E-state index is 13.0. The number of ketones is 1. The van der Waals surface area contributed by atoms with Gasteiger partial charge in [0.1, 0.15) is 5.82 Å². The Kier molecular flexibility index (Phi) is 5.41. The fraction of sp³-hybridized carbons (Fsp3) is 0.200. The van der Waals surface area contributed by atoms with Gasteiger partial charge in [0.2, 0.25) is 0 Å². The summed E-state index contributed by atoms with van der Waals surface area (Å²) in [6, 6.07) is 8.71. The van der Waals surface area contributed by atoms with Crippen molar-refractivity contribution in [2.24, 2.45) is 5.73 Å². The third-order valence-corrected chi connectivity index (χ3v) is 6.79. The molecule has 1 aromatic carbocycles. The van der Waals surface area contributed by atoms with Crippen molar-refractivity contribution in [1.82, 2.24) is 0 Å². The number of carbonyl (C=O) groups is 1. The lowest BCUT2D eigenvalue weighted by Crippen LogP contribution is -2.38. The van der Waals surface area contributed by atoms with Gasteiger partial charge < -0.3 is 5.73 Å². The Labute approximate surface area is 190 Å². The molecule has 1 atom stereocenters. The minimum Gasteiger partial charge on any atom is -0.384 e. The molecule has 10 nitrogen and oxygen atoms in total. The van der Waals surface area contributed by atoms with Gasteiger partial charge in [-0.3, -0.25) is 29.9 Å². The number of nitro groups is 2. The number of halogens is 1. The molecule has 0 saturated heterocycles. The Morgan fingerprint density at radius 2 is 1.94 bits per heavy atom. The van der Waals surface area contributed by atoms with Crippen molar-refractivity contribution in [3.8, 4) is 6.07 Å². The lowest BCUT2D eigenvalue weighted by molar-refractivity contribution is -0.384. The molecule has 32 heavy (non-hydrogen) atoms. The van der Waals surface area contributed by atoms with Crippen LogP contribution in [0.15, 0.2) is 53.0 Å². The van der Waals surface area contributed by atoms with Crippen LogP contribution < -0.4 is 10.6 Å². The van der Waals surface area contributed by atoms with E-state index >= 15 is 0 Å². The summed E-state index contributed by atoms with van der Waals surface area (Å²) in [5.74, 6) is -1.08. The van der Waals surface area contributed by atoms with E-state index < -0.39 is 15.8 Å². The topological polar surface area (TPSA) is 156 Å². The first kappa shape index (κ1) is 21.5.